The molecule has 0 fully saturated rings. The number of hydrogen-bond donors (Lipinski definition) is 4. The summed E-state index contributed by atoms with van der Waals surface area (Å²) in [5.41, 5.74) is -0.562. The predicted octanol–water partition coefficient (Wildman–Crippen LogP) is 1.84. The van der Waals surface area contributed by atoms with E-state index in [9.17, 15) is 19.5 Å². The molecular formula is C27H46N4O6. The summed E-state index contributed by atoms with van der Waals surface area (Å²) in [6.07, 6.45) is -0.897. The highest BCUT2D eigenvalue weighted by Crippen LogP contribution is 2.26. The van der Waals surface area contributed by atoms with E-state index in [-0.39, 0.29) is 36.6 Å². The third-order valence-electron chi connectivity index (χ3n) is 6.25. The second kappa shape index (κ2) is 14.8. The van der Waals surface area contributed by atoms with Crippen molar-refractivity contribution in [2.75, 3.05) is 28.3 Å². The van der Waals surface area contributed by atoms with Crippen LogP contribution in [-0.2, 0) is 20.9 Å². The largest absolute Gasteiger partial charge is 0.497 e. The van der Waals surface area contributed by atoms with Crippen molar-refractivity contribution in [2.24, 2.45) is 5.92 Å². The molecule has 4 N–H and O–H groups in total. The number of amides is 3. The van der Waals surface area contributed by atoms with Crippen LogP contribution in [0, 0.1) is 5.92 Å². The van der Waals surface area contributed by atoms with Crippen LogP contribution < -0.4 is 25.4 Å². The molecule has 10 heteroatoms. The second-order valence-corrected chi connectivity index (χ2v) is 10.4. The van der Waals surface area contributed by atoms with E-state index in [0.717, 1.165) is 5.56 Å². The molecule has 0 aliphatic heterocycles. The van der Waals surface area contributed by atoms with Gasteiger partial charge in [0, 0.05) is 37.7 Å². The Kier molecular flexibility index (Phi) is 12.9. The maximum atomic E-state index is 13.1. The lowest BCUT2D eigenvalue weighted by molar-refractivity contribution is -0.139. The minimum atomic E-state index is -1.55. The van der Waals surface area contributed by atoms with E-state index in [2.05, 4.69) is 16.0 Å². The number of methoxy groups -OCH3 is 2. The number of nitrogens with zero attached hydrogens (tertiary/aromatic N) is 1. The van der Waals surface area contributed by atoms with Gasteiger partial charge < -0.3 is 35.4 Å². The van der Waals surface area contributed by atoms with Crippen molar-refractivity contribution in [3.8, 4) is 11.5 Å². The first-order chi connectivity index (χ1) is 17.3. The fraction of sp³-hybridized carbons (Fsp3) is 0.667. The van der Waals surface area contributed by atoms with Gasteiger partial charge >= 0.3 is 0 Å². The molecule has 210 valence electrons. The molecule has 1 aromatic carbocycles. The van der Waals surface area contributed by atoms with Gasteiger partial charge in [0.1, 0.15) is 11.5 Å². The summed E-state index contributed by atoms with van der Waals surface area (Å²) in [6.45, 7) is 9.47. The molecular weight excluding hydrogens is 476 g/mol. The van der Waals surface area contributed by atoms with Crippen LogP contribution in [0.15, 0.2) is 18.2 Å². The molecule has 0 saturated heterocycles. The molecule has 3 amide bonds. The number of benzene rings is 1. The number of ether oxygens (including phenoxy) is 2. The van der Waals surface area contributed by atoms with Gasteiger partial charge in [-0.05, 0) is 58.7 Å². The third kappa shape index (κ3) is 9.85. The Hall–Kier alpha value is -2.85. The van der Waals surface area contributed by atoms with Crippen LogP contribution in [0.5, 0.6) is 11.5 Å². The summed E-state index contributed by atoms with van der Waals surface area (Å²) in [6, 6.07) is 4.68. The van der Waals surface area contributed by atoms with Crippen molar-refractivity contribution in [3.05, 3.63) is 23.8 Å². The molecule has 0 aliphatic rings. The van der Waals surface area contributed by atoms with Crippen LogP contribution in [0.25, 0.3) is 0 Å². The number of aliphatic hydroxyl groups is 1. The Morgan fingerprint density at radius 2 is 1.73 bits per heavy atom. The van der Waals surface area contributed by atoms with E-state index >= 15 is 0 Å². The van der Waals surface area contributed by atoms with E-state index in [0.29, 0.717) is 24.5 Å². The lowest BCUT2D eigenvalue weighted by Crippen LogP contribution is -2.62. The Balaban J connectivity index is 3.05. The molecule has 0 saturated carbocycles. The van der Waals surface area contributed by atoms with Gasteiger partial charge in [0.25, 0.3) is 5.91 Å². The van der Waals surface area contributed by atoms with Crippen molar-refractivity contribution in [1.29, 1.82) is 0 Å². The van der Waals surface area contributed by atoms with E-state index in [4.69, 9.17) is 9.47 Å². The Labute approximate surface area is 221 Å². The van der Waals surface area contributed by atoms with Crippen molar-refractivity contribution in [3.63, 3.8) is 0 Å². The van der Waals surface area contributed by atoms with Gasteiger partial charge in [-0.2, -0.15) is 0 Å². The number of aliphatic hydroxyl groups excluding tert-OH is 1. The first kappa shape index (κ1) is 32.2. The van der Waals surface area contributed by atoms with Gasteiger partial charge in [-0.1, -0.05) is 13.8 Å². The minimum Gasteiger partial charge on any atom is -0.497 e. The average Bonchev–Trinajstić information content (AvgIpc) is 2.84. The maximum Gasteiger partial charge on any atom is 0.251 e. The molecule has 2 unspecified atom stereocenters. The highest BCUT2D eigenvalue weighted by molar-refractivity contribution is 5.86. The van der Waals surface area contributed by atoms with Gasteiger partial charge in [0.2, 0.25) is 11.8 Å². The third-order valence-corrected chi connectivity index (χ3v) is 6.25. The summed E-state index contributed by atoms with van der Waals surface area (Å²) in [5.74, 6) is 0.355. The average molecular weight is 523 g/mol. The van der Waals surface area contributed by atoms with Crippen LogP contribution in [0.2, 0.25) is 0 Å². The van der Waals surface area contributed by atoms with Crippen molar-refractivity contribution in [2.45, 2.75) is 84.2 Å². The standard InChI is InChI=1S/C27H46N4O6/c1-17(2)14-21(28-6)25(34)30-27(5,24(33)26(35)29-18(3)4)13-12-23(32)31(7)16-19-10-11-20(36-8)15-22(19)37-9/h10-11,15,17-18,21,24,28,33H,12-14,16H2,1-9H3,(H,29,35)(H,30,34)/t21-,24?,27?/m0/s1. The highest BCUT2D eigenvalue weighted by Gasteiger charge is 2.41. The fourth-order valence-corrected chi connectivity index (χ4v) is 4.00. The Bertz CT molecular complexity index is 907. The molecule has 37 heavy (non-hydrogen) atoms. The lowest BCUT2D eigenvalue weighted by Gasteiger charge is -2.36. The number of likely N-dealkylation sites (N-methyl/N-ethyl adjacent to an activating group) is 1. The number of rotatable bonds is 15. The van der Waals surface area contributed by atoms with Crippen molar-refractivity contribution >= 4 is 17.7 Å². The SMILES string of the molecule is CN[C@@H](CC(C)C)C(=O)NC(C)(CCC(=O)N(C)Cc1ccc(OC)cc1OC)C(O)C(=O)NC(C)C. The zero-order valence-electron chi connectivity index (χ0n) is 23.8. The monoisotopic (exact) mass is 522 g/mol. The number of carbonyl (C=O) groups is 3. The number of nitrogens with one attached hydrogen (secondary N) is 3. The zero-order valence-corrected chi connectivity index (χ0v) is 23.8. The molecule has 0 spiro atoms. The first-order valence-electron chi connectivity index (χ1n) is 12.7. The van der Waals surface area contributed by atoms with Gasteiger partial charge in [-0.3, -0.25) is 14.4 Å². The van der Waals surface area contributed by atoms with Gasteiger partial charge in [0.05, 0.1) is 25.8 Å². The molecule has 0 heterocycles. The molecule has 10 nitrogen and oxygen atoms in total. The molecule has 0 aromatic heterocycles. The number of carbonyl (C=O) groups excluding carboxylic acids is 3. The van der Waals surface area contributed by atoms with Crippen LogP contribution in [-0.4, -0.2) is 79.8 Å². The topological polar surface area (TPSA) is 129 Å². The zero-order chi connectivity index (χ0) is 28.3. The molecule has 0 bridgehead atoms. The van der Waals surface area contributed by atoms with Crippen LogP contribution in [0.3, 0.4) is 0 Å². The summed E-state index contributed by atoms with van der Waals surface area (Å²) in [5, 5.41) is 19.5. The summed E-state index contributed by atoms with van der Waals surface area (Å²) in [4.78, 5) is 40.4. The molecule has 0 radical (unpaired) electrons. The van der Waals surface area contributed by atoms with E-state index in [1.165, 1.54) is 0 Å². The van der Waals surface area contributed by atoms with E-state index in [1.54, 1.807) is 66.1 Å². The summed E-state index contributed by atoms with van der Waals surface area (Å²) < 4.78 is 10.7. The first-order valence-corrected chi connectivity index (χ1v) is 12.7. The molecule has 1 aromatic rings. The van der Waals surface area contributed by atoms with Crippen molar-refractivity contribution in [1.82, 2.24) is 20.9 Å². The molecule has 3 atom stereocenters. The van der Waals surface area contributed by atoms with Crippen LogP contribution in [0.1, 0.15) is 59.4 Å². The maximum absolute atomic E-state index is 13.1. The lowest BCUT2D eigenvalue weighted by atomic mass is 9.87. The quantitative estimate of drug-likeness (QED) is 0.277. The van der Waals surface area contributed by atoms with Crippen molar-refractivity contribution < 1.29 is 29.0 Å². The van der Waals surface area contributed by atoms with Gasteiger partial charge in [-0.15, -0.1) is 0 Å². The van der Waals surface area contributed by atoms with Crippen LogP contribution >= 0.6 is 0 Å². The Morgan fingerprint density at radius 1 is 1.08 bits per heavy atom. The normalized spacial score (nSPS) is 14.5. The predicted molar refractivity (Wildman–Crippen MR) is 143 cm³/mol. The minimum absolute atomic E-state index is 0.00612. The Morgan fingerprint density at radius 3 is 2.24 bits per heavy atom. The van der Waals surface area contributed by atoms with Crippen LogP contribution in [0.4, 0.5) is 0 Å². The van der Waals surface area contributed by atoms with E-state index < -0.39 is 23.6 Å². The molecule has 1 rings (SSSR count). The van der Waals surface area contributed by atoms with E-state index in [1.807, 2.05) is 19.9 Å². The second-order valence-electron chi connectivity index (χ2n) is 10.4. The highest BCUT2D eigenvalue weighted by atomic mass is 16.5. The molecule has 0 aliphatic carbocycles. The smallest absolute Gasteiger partial charge is 0.251 e. The summed E-state index contributed by atoms with van der Waals surface area (Å²) in [7, 11) is 6.48. The van der Waals surface area contributed by atoms with Gasteiger partial charge in [0.15, 0.2) is 6.10 Å². The number of hydrogen-bond acceptors (Lipinski definition) is 7. The van der Waals surface area contributed by atoms with Gasteiger partial charge in [-0.25, -0.2) is 0 Å². The summed E-state index contributed by atoms with van der Waals surface area (Å²) >= 11 is 0. The fourth-order valence-electron chi connectivity index (χ4n) is 4.00.